The van der Waals surface area contributed by atoms with Gasteiger partial charge in [-0.25, -0.2) is 0 Å². The van der Waals surface area contributed by atoms with Crippen LogP contribution in [0.15, 0.2) is 12.1 Å². The molecule has 0 aliphatic heterocycles. The quantitative estimate of drug-likeness (QED) is 0.376. The molecule has 0 aromatic heterocycles. The maximum atomic E-state index is 10.9. The molecular weight excluding hydrogens is 340 g/mol. The highest BCUT2D eigenvalue weighted by molar-refractivity contribution is 5.49. The van der Waals surface area contributed by atoms with E-state index < -0.39 is 0 Å². The number of benzene rings is 1. The molecule has 0 heterocycles. The van der Waals surface area contributed by atoms with Crippen LogP contribution in [0, 0.1) is 5.92 Å². The van der Waals surface area contributed by atoms with E-state index in [4.69, 9.17) is 0 Å². The van der Waals surface area contributed by atoms with Crippen molar-refractivity contribution >= 4 is 0 Å². The number of rotatable bonds is 11. The third kappa shape index (κ3) is 8.18. The summed E-state index contributed by atoms with van der Waals surface area (Å²) in [6.45, 7) is 17.8. The molecule has 1 atom stereocenters. The van der Waals surface area contributed by atoms with Gasteiger partial charge in [-0.15, -0.1) is 0 Å². The molecule has 1 aromatic rings. The Morgan fingerprint density at radius 3 is 1.71 bits per heavy atom. The van der Waals surface area contributed by atoms with Gasteiger partial charge >= 0.3 is 0 Å². The molecule has 1 N–H and O–H groups in total. The molecule has 0 spiro atoms. The summed E-state index contributed by atoms with van der Waals surface area (Å²) in [5, 5.41) is 10.9. The van der Waals surface area contributed by atoms with E-state index in [2.05, 4.69) is 67.5 Å². The average molecular weight is 389 g/mol. The number of aryl methyl sites for hydroxylation is 1. The zero-order chi connectivity index (χ0) is 21.4. The SMILES string of the molecule is CCCCCCCCC(CC)CCc1cc(C(C)(C)C)c(O)c(C(C)(C)C)c1. The number of hydrogen-bond acceptors (Lipinski definition) is 1. The fourth-order valence-corrected chi connectivity index (χ4v) is 4.12. The predicted octanol–water partition coefficient (Wildman–Crippen LogP) is 8.70. The topological polar surface area (TPSA) is 20.2 Å². The summed E-state index contributed by atoms with van der Waals surface area (Å²) in [6.07, 6.45) is 13.4. The van der Waals surface area contributed by atoms with Gasteiger partial charge in [-0.1, -0.05) is 119 Å². The van der Waals surface area contributed by atoms with Crippen LogP contribution in [0.2, 0.25) is 0 Å². The van der Waals surface area contributed by atoms with E-state index in [1.54, 1.807) is 0 Å². The minimum Gasteiger partial charge on any atom is -0.507 e. The van der Waals surface area contributed by atoms with E-state index in [1.165, 1.54) is 63.4 Å². The van der Waals surface area contributed by atoms with Gasteiger partial charge < -0.3 is 5.11 Å². The summed E-state index contributed by atoms with van der Waals surface area (Å²) in [7, 11) is 0. The highest BCUT2D eigenvalue weighted by atomic mass is 16.3. The maximum Gasteiger partial charge on any atom is 0.123 e. The molecule has 1 aromatic carbocycles. The van der Waals surface area contributed by atoms with E-state index in [0.29, 0.717) is 5.75 Å². The van der Waals surface area contributed by atoms with Gasteiger partial charge in [0.2, 0.25) is 0 Å². The molecule has 0 aliphatic carbocycles. The molecule has 1 rings (SSSR count). The molecule has 0 aliphatic rings. The highest BCUT2D eigenvalue weighted by Gasteiger charge is 2.26. The molecule has 0 radical (unpaired) electrons. The smallest absolute Gasteiger partial charge is 0.123 e. The van der Waals surface area contributed by atoms with E-state index >= 15 is 0 Å². The largest absolute Gasteiger partial charge is 0.507 e. The number of aromatic hydroxyl groups is 1. The third-order valence-electron chi connectivity index (χ3n) is 6.17. The number of phenolic OH excluding ortho intramolecular Hbond substituents is 1. The second-order valence-corrected chi connectivity index (χ2v) is 10.9. The van der Waals surface area contributed by atoms with Crippen molar-refractivity contribution in [3.8, 4) is 5.75 Å². The molecule has 28 heavy (non-hydrogen) atoms. The van der Waals surface area contributed by atoms with Crippen LogP contribution in [-0.2, 0) is 17.3 Å². The van der Waals surface area contributed by atoms with Gasteiger partial charge in [-0.05, 0) is 46.3 Å². The lowest BCUT2D eigenvalue weighted by Crippen LogP contribution is -2.18. The number of phenols is 1. The first-order valence-corrected chi connectivity index (χ1v) is 11.9. The summed E-state index contributed by atoms with van der Waals surface area (Å²) >= 11 is 0. The van der Waals surface area contributed by atoms with Gasteiger partial charge in [0.15, 0.2) is 0 Å². The van der Waals surface area contributed by atoms with Crippen LogP contribution in [0.3, 0.4) is 0 Å². The predicted molar refractivity (Wildman–Crippen MR) is 126 cm³/mol. The molecule has 1 unspecified atom stereocenters. The van der Waals surface area contributed by atoms with E-state index in [9.17, 15) is 5.11 Å². The number of unbranched alkanes of at least 4 members (excludes halogenated alkanes) is 5. The van der Waals surface area contributed by atoms with Crippen LogP contribution in [0.4, 0.5) is 0 Å². The van der Waals surface area contributed by atoms with Gasteiger partial charge in [-0.3, -0.25) is 0 Å². The molecule has 0 saturated carbocycles. The lowest BCUT2D eigenvalue weighted by Gasteiger charge is -2.28. The zero-order valence-corrected chi connectivity index (χ0v) is 20.3. The molecule has 0 fully saturated rings. The minimum absolute atomic E-state index is 0.0389. The summed E-state index contributed by atoms with van der Waals surface area (Å²) in [5.74, 6) is 1.33. The van der Waals surface area contributed by atoms with Crippen LogP contribution in [0.1, 0.15) is 130 Å². The van der Waals surface area contributed by atoms with Gasteiger partial charge in [-0.2, -0.15) is 0 Å². The minimum atomic E-state index is -0.0389. The molecular formula is C27H48O. The van der Waals surface area contributed by atoms with Crippen molar-refractivity contribution in [3.05, 3.63) is 28.8 Å². The molecule has 0 bridgehead atoms. The fraction of sp³-hybridized carbons (Fsp3) is 0.778. The van der Waals surface area contributed by atoms with Crippen LogP contribution in [0.5, 0.6) is 5.75 Å². The second-order valence-electron chi connectivity index (χ2n) is 10.9. The van der Waals surface area contributed by atoms with E-state index in [0.717, 1.165) is 23.5 Å². The Balaban J connectivity index is 2.79. The van der Waals surface area contributed by atoms with Crippen molar-refractivity contribution in [2.24, 2.45) is 5.92 Å². The van der Waals surface area contributed by atoms with Crippen molar-refractivity contribution in [2.75, 3.05) is 0 Å². The average Bonchev–Trinajstić information content (AvgIpc) is 2.59. The lowest BCUT2D eigenvalue weighted by atomic mass is 9.77. The Morgan fingerprint density at radius 2 is 1.25 bits per heavy atom. The first-order chi connectivity index (χ1) is 13.0. The normalized spacial score (nSPS) is 13.7. The second kappa shape index (κ2) is 11.3. The Bertz CT molecular complexity index is 536. The Labute approximate surface area is 176 Å². The van der Waals surface area contributed by atoms with Crippen LogP contribution in [-0.4, -0.2) is 5.11 Å². The summed E-state index contributed by atoms with van der Waals surface area (Å²) < 4.78 is 0. The highest BCUT2D eigenvalue weighted by Crippen LogP contribution is 2.40. The molecule has 1 nitrogen and oxygen atoms in total. The van der Waals surface area contributed by atoms with E-state index in [-0.39, 0.29) is 10.8 Å². The Hall–Kier alpha value is -0.980. The summed E-state index contributed by atoms with van der Waals surface area (Å²) in [5.41, 5.74) is 3.51. The fourth-order valence-electron chi connectivity index (χ4n) is 4.12. The van der Waals surface area contributed by atoms with Crippen LogP contribution in [0.25, 0.3) is 0 Å². The van der Waals surface area contributed by atoms with Crippen molar-refractivity contribution in [1.82, 2.24) is 0 Å². The first kappa shape index (κ1) is 25.1. The van der Waals surface area contributed by atoms with Gasteiger partial charge in [0.25, 0.3) is 0 Å². The summed E-state index contributed by atoms with van der Waals surface area (Å²) in [6, 6.07) is 4.53. The lowest BCUT2D eigenvalue weighted by molar-refractivity contribution is 0.409. The van der Waals surface area contributed by atoms with Crippen molar-refractivity contribution in [3.63, 3.8) is 0 Å². The van der Waals surface area contributed by atoms with Crippen molar-refractivity contribution in [1.29, 1.82) is 0 Å². The Morgan fingerprint density at radius 1 is 0.750 bits per heavy atom. The molecule has 1 heteroatoms. The van der Waals surface area contributed by atoms with Crippen LogP contribution < -0.4 is 0 Å². The third-order valence-corrected chi connectivity index (χ3v) is 6.17. The Kier molecular flexibility index (Phi) is 10.1. The maximum absolute atomic E-state index is 10.9. The van der Waals surface area contributed by atoms with Gasteiger partial charge in [0, 0.05) is 0 Å². The zero-order valence-electron chi connectivity index (χ0n) is 20.3. The monoisotopic (exact) mass is 388 g/mol. The van der Waals surface area contributed by atoms with E-state index in [1.807, 2.05) is 0 Å². The number of hydrogen-bond donors (Lipinski definition) is 1. The van der Waals surface area contributed by atoms with Crippen molar-refractivity contribution < 1.29 is 5.11 Å². The molecule has 0 saturated heterocycles. The standard InChI is InChI=1S/C27H48O/c1-9-11-12-13-14-15-16-21(10-2)17-18-22-19-23(26(3,4)5)25(28)24(20-22)27(6,7)8/h19-21,28H,9-18H2,1-8H3. The van der Waals surface area contributed by atoms with Crippen LogP contribution >= 0.6 is 0 Å². The van der Waals surface area contributed by atoms with Gasteiger partial charge in [0.1, 0.15) is 5.75 Å². The van der Waals surface area contributed by atoms with Gasteiger partial charge in [0.05, 0.1) is 0 Å². The van der Waals surface area contributed by atoms with Crippen molar-refractivity contribution in [2.45, 2.75) is 130 Å². The summed E-state index contributed by atoms with van der Waals surface area (Å²) in [4.78, 5) is 0. The first-order valence-electron chi connectivity index (χ1n) is 11.9. The molecule has 0 amide bonds. The molecule has 162 valence electrons.